The van der Waals surface area contributed by atoms with Gasteiger partial charge in [0.05, 0.1) is 33.9 Å². The highest BCUT2D eigenvalue weighted by molar-refractivity contribution is 8.02. The summed E-state index contributed by atoms with van der Waals surface area (Å²) in [6, 6.07) is 6.34. The Morgan fingerprint density at radius 2 is 1.97 bits per heavy atom. The smallest absolute Gasteiger partial charge is 0.311 e. The lowest BCUT2D eigenvalue weighted by molar-refractivity contribution is -0.153. The lowest BCUT2D eigenvalue weighted by atomic mass is 9.78. The second kappa shape index (κ2) is 9.99. The summed E-state index contributed by atoms with van der Waals surface area (Å²) >= 11 is 7.97. The van der Waals surface area contributed by atoms with Crippen molar-refractivity contribution in [3.63, 3.8) is 0 Å². The van der Waals surface area contributed by atoms with Crippen molar-refractivity contribution < 1.29 is 24.2 Å². The van der Waals surface area contributed by atoms with Crippen molar-refractivity contribution in [3.8, 4) is 0 Å². The third-order valence-corrected chi connectivity index (χ3v) is 9.37. The van der Waals surface area contributed by atoms with Crippen molar-refractivity contribution in [1.82, 2.24) is 4.90 Å². The first-order valence-electron chi connectivity index (χ1n) is 12.2. The van der Waals surface area contributed by atoms with Gasteiger partial charge in [-0.15, -0.1) is 11.8 Å². The van der Waals surface area contributed by atoms with Gasteiger partial charge in [0.15, 0.2) is 0 Å². The molecule has 35 heavy (non-hydrogen) atoms. The Morgan fingerprint density at radius 3 is 2.77 bits per heavy atom. The van der Waals surface area contributed by atoms with Crippen molar-refractivity contribution >= 4 is 46.8 Å². The molecule has 4 aliphatic heterocycles. The number of halogens is 1. The monoisotopic (exact) mass is 516 g/mol. The molecule has 4 heterocycles. The molecule has 7 nitrogen and oxygen atoms in total. The summed E-state index contributed by atoms with van der Waals surface area (Å²) in [5, 5.41) is 9.69. The number of benzene rings is 1. The van der Waals surface area contributed by atoms with E-state index in [1.165, 1.54) is 11.8 Å². The van der Waals surface area contributed by atoms with Crippen LogP contribution in [-0.4, -0.2) is 70.1 Å². The van der Waals surface area contributed by atoms with Crippen LogP contribution in [-0.2, 0) is 19.1 Å². The van der Waals surface area contributed by atoms with Gasteiger partial charge in [-0.1, -0.05) is 48.0 Å². The van der Waals surface area contributed by atoms with Crippen LogP contribution in [0.25, 0.3) is 0 Å². The molecule has 0 aliphatic carbocycles. The van der Waals surface area contributed by atoms with Gasteiger partial charge in [-0.05, 0) is 37.8 Å². The topological polar surface area (TPSA) is 87.2 Å². The number of rotatable bonds is 4. The third kappa shape index (κ3) is 4.09. The molecule has 1 unspecified atom stereocenters. The summed E-state index contributed by atoms with van der Waals surface area (Å²) in [4.78, 5) is 44.6. The molecule has 2 saturated heterocycles. The molecule has 0 saturated carbocycles. The van der Waals surface area contributed by atoms with Crippen molar-refractivity contribution in [1.29, 1.82) is 0 Å². The fourth-order valence-electron chi connectivity index (χ4n) is 5.78. The van der Waals surface area contributed by atoms with Crippen molar-refractivity contribution in [2.45, 2.75) is 41.7 Å². The Morgan fingerprint density at radius 1 is 1.14 bits per heavy atom. The Hall–Kier alpha value is -2.29. The third-order valence-electron chi connectivity index (χ3n) is 7.30. The van der Waals surface area contributed by atoms with Gasteiger partial charge in [-0.3, -0.25) is 14.4 Å². The van der Waals surface area contributed by atoms with Gasteiger partial charge in [0.25, 0.3) is 5.91 Å². The zero-order chi connectivity index (χ0) is 24.6. The van der Waals surface area contributed by atoms with E-state index in [4.69, 9.17) is 16.3 Å². The van der Waals surface area contributed by atoms with Crippen molar-refractivity contribution in [3.05, 3.63) is 53.6 Å². The average Bonchev–Trinajstić information content (AvgIpc) is 3.23. The standard InChI is InChI=1S/C26H29ClN2O5S/c27-17-9-4-5-10-18(17)28-13-7-12-26-21(23(31)29(14-8-15-30)22(26)24(28)32)20-19(35-26)11-3-1-2-6-16-34-25(20)33/h3-5,7,9-12,19-22,30H,1-2,6,8,13-16H2/b11-3-/t19-,20+,21+,22?,26+/m1/s1. The number of carbonyl (C=O) groups is 3. The van der Waals surface area contributed by atoms with Crippen LogP contribution in [0.15, 0.2) is 48.6 Å². The first kappa shape index (κ1) is 24.4. The van der Waals surface area contributed by atoms with Crippen LogP contribution in [0.3, 0.4) is 0 Å². The Labute approximate surface area is 214 Å². The van der Waals surface area contributed by atoms with E-state index >= 15 is 0 Å². The fraction of sp³-hybridized carbons (Fsp3) is 0.500. The molecule has 0 aromatic heterocycles. The molecule has 9 heteroatoms. The molecule has 186 valence electrons. The molecular weight excluding hydrogens is 488 g/mol. The first-order chi connectivity index (χ1) is 17.0. The van der Waals surface area contributed by atoms with E-state index < -0.39 is 22.6 Å². The summed E-state index contributed by atoms with van der Waals surface area (Å²) in [7, 11) is 0. The number of allylic oxidation sites excluding steroid dienone is 1. The number of carbonyl (C=O) groups excluding carboxylic acids is 3. The number of thioether (sulfide) groups is 1. The number of fused-ring (bicyclic) bond motifs is 2. The highest BCUT2D eigenvalue weighted by Gasteiger charge is 2.70. The number of hydrogen-bond acceptors (Lipinski definition) is 6. The number of nitrogens with zero attached hydrogens (tertiary/aromatic N) is 2. The molecule has 1 N–H and O–H groups in total. The zero-order valence-electron chi connectivity index (χ0n) is 19.3. The molecule has 0 bridgehead atoms. The first-order valence-corrected chi connectivity index (χ1v) is 13.4. The summed E-state index contributed by atoms with van der Waals surface area (Å²) in [5.41, 5.74) is 0.583. The SMILES string of the molecule is O=C1OCCCC/C=C\[C@H]2S[C@]34C=CCN(c5ccccc5Cl)C(=O)C3N(CCCO)C(=O)[C@@H]4[C@@H]12. The number of amides is 2. The molecule has 2 amide bonds. The fourth-order valence-corrected chi connectivity index (χ4v) is 8.02. The lowest BCUT2D eigenvalue weighted by Crippen LogP contribution is -2.53. The number of para-hydroxylation sites is 1. The van der Waals surface area contributed by atoms with Crippen molar-refractivity contribution in [2.75, 3.05) is 31.2 Å². The van der Waals surface area contributed by atoms with E-state index in [9.17, 15) is 19.5 Å². The number of aliphatic hydroxyl groups is 1. The van der Waals surface area contributed by atoms with Crippen LogP contribution >= 0.6 is 23.4 Å². The molecule has 1 spiro atoms. The lowest BCUT2D eigenvalue weighted by Gasteiger charge is -2.35. The minimum Gasteiger partial charge on any atom is -0.465 e. The summed E-state index contributed by atoms with van der Waals surface area (Å²) in [6.45, 7) is 0.778. The van der Waals surface area contributed by atoms with E-state index in [-0.39, 0.29) is 36.2 Å². The average molecular weight is 517 g/mol. The van der Waals surface area contributed by atoms with Crippen LogP contribution in [0.2, 0.25) is 5.02 Å². The number of hydrogen-bond donors (Lipinski definition) is 1. The number of ether oxygens (including phenoxy) is 1. The summed E-state index contributed by atoms with van der Waals surface area (Å²) in [5.74, 6) is -2.23. The van der Waals surface area contributed by atoms with E-state index in [0.29, 0.717) is 30.3 Å². The van der Waals surface area contributed by atoms with Gasteiger partial charge in [0.2, 0.25) is 5.91 Å². The van der Waals surface area contributed by atoms with Crippen molar-refractivity contribution in [2.24, 2.45) is 11.8 Å². The number of cyclic esters (lactones) is 1. The maximum atomic E-state index is 14.2. The molecule has 0 radical (unpaired) electrons. The molecule has 4 aliphatic rings. The highest BCUT2D eigenvalue weighted by atomic mass is 35.5. The molecule has 2 fully saturated rings. The van der Waals surface area contributed by atoms with E-state index in [1.54, 1.807) is 28.0 Å². The van der Waals surface area contributed by atoms with Gasteiger partial charge in [-0.2, -0.15) is 0 Å². The molecular formula is C26H29ClN2O5S. The van der Waals surface area contributed by atoms with Crippen LogP contribution in [0.5, 0.6) is 0 Å². The maximum absolute atomic E-state index is 14.2. The minimum atomic E-state index is -0.910. The van der Waals surface area contributed by atoms with E-state index in [0.717, 1.165) is 19.3 Å². The van der Waals surface area contributed by atoms with Gasteiger partial charge in [0, 0.05) is 24.9 Å². The largest absolute Gasteiger partial charge is 0.465 e. The normalized spacial score (nSPS) is 33.6. The van der Waals surface area contributed by atoms with Crippen LogP contribution in [0, 0.1) is 11.8 Å². The highest BCUT2D eigenvalue weighted by Crippen LogP contribution is 2.60. The molecule has 1 aromatic carbocycles. The predicted octanol–water partition coefficient (Wildman–Crippen LogP) is 3.21. The maximum Gasteiger partial charge on any atom is 0.311 e. The number of esters is 1. The van der Waals surface area contributed by atoms with Crippen LogP contribution in [0.1, 0.15) is 25.7 Å². The molecule has 1 aromatic rings. The van der Waals surface area contributed by atoms with E-state index in [2.05, 4.69) is 6.08 Å². The Balaban J connectivity index is 1.61. The molecule has 5 atom stereocenters. The number of anilines is 1. The quantitative estimate of drug-likeness (QED) is 0.488. The zero-order valence-corrected chi connectivity index (χ0v) is 20.9. The number of likely N-dealkylation sites (tertiary alicyclic amines) is 1. The predicted molar refractivity (Wildman–Crippen MR) is 135 cm³/mol. The Bertz CT molecular complexity index is 1080. The summed E-state index contributed by atoms with van der Waals surface area (Å²) < 4.78 is 4.70. The van der Waals surface area contributed by atoms with E-state index in [1.807, 2.05) is 24.3 Å². The Kier molecular flexibility index (Phi) is 6.97. The van der Waals surface area contributed by atoms with Crippen LogP contribution in [0.4, 0.5) is 5.69 Å². The second-order valence-electron chi connectivity index (χ2n) is 9.34. The van der Waals surface area contributed by atoms with Gasteiger partial charge >= 0.3 is 5.97 Å². The summed E-state index contributed by atoms with van der Waals surface area (Å²) in [6.07, 6.45) is 10.9. The van der Waals surface area contributed by atoms with Gasteiger partial charge in [-0.25, -0.2) is 0 Å². The molecule has 5 rings (SSSR count). The number of aliphatic hydroxyl groups excluding tert-OH is 1. The minimum absolute atomic E-state index is 0.101. The van der Waals surface area contributed by atoms with Gasteiger partial charge in [0.1, 0.15) is 6.04 Å². The second-order valence-corrected chi connectivity index (χ2v) is 11.2. The van der Waals surface area contributed by atoms with Crippen LogP contribution < -0.4 is 4.90 Å². The van der Waals surface area contributed by atoms with Gasteiger partial charge < -0.3 is 19.6 Å².